The number of aromatic nitrogens is 1. The van der Waals surface area contributed by atoms with E-state index in [1.54, 1.807) is 0 Å². The first-order valence-corrected chi connectivity index (χ1v) is 9.29. The van der Waals surface area contributed by atoms with Crippen molar-refractivity contribution in [3.05, 3.63) is 76.0 Å². The quantitative estimate of drug-likeness (QED) is 0.570. The lowest BCUT2D eigenvalue weighted by atomic mass is 10.1. The predicted molar refractivity (Wildman–Crippen MR) is 103 cm³/mol. The first-order chi connectivity index (χ1) is 11.7. The van der Waals surface area contributed by atoms with Crippen LogP contribution in [-0.4, -0.2) is 10.5 Å². The zero-order valence-electron chi connectivity index (χ0n) is 13.1. The monoisotopic (exact) mass is 400 g/mol. The van der Waals surface area contributed by atoms with Crippen molar-refractivity contribution in [1.82, 2.24) is 4.57 Å². The van der Waals surface area contributed by atoms with Crippen LogP contribution < -0.4 is 4.80 Å². The number of allylic oxidation sites excluding steroid dienone is 1. The number of hydrogen-bond donors (Lipinski definition) is 0. The Bertz CT molecular complexity index is 941. The highest BCUT2D eigenvalue weighted by Gasteiger charge is 2.08. The SMILES string of the molecule is C=CCn1c(=NC(=O)CCc2ccccc2)sc2cc(Br)ccc21. The largest absolute Gasteiger partial charge is 0.313 e. The minimum Gasteiger partial charge on any atom is -0.313 e. The van der Waals surface area contributed by atoms with Crippen molar-refractivity contribution in [1.29, 1.82) is 0 Å². The summed E-state index contributed by atoms with van der Waals surface area (Å²) in [6.07, 6.45) is 2.94. The smallest absolute Gasteiger partial charge is 0.248 e. The van der Waals surface area contributed by atoms with E-state index in [0.717, 1.165) is 25.1 Å². The molecule has 0 aliphatic heterocycles. The molecule has 2 aromatic carbocycles. The van der Waals surface area contributed by atoms with Crippen LogP contribution in [0.15, 0.2) is 70.7 Å². The second kappa shape index (κ2) is 7.73. The molecular weight excluding hydrogens is 384 g/mol. The first-order valence-electron chi connectivity index (χ1n) is 7.68. The van der Waals surface area contributed by atoms with Crippen LogP contribution in [-0.2, 0) is 17.8 Å². The second-order valence-corrected chi connectivity index (χ2v) is 7.31. The lowest BCUT2D eigenvalue weighted by Crippen LogP contribution is -2.16. The fraction of sp³-hybridized carbons (Fsp3) is 0.158. The Kier molecular flexibility index (Phi) is 5.43. The summed E-state index contributed by atoms with van der Waals surface area (Å²) < 4.78 is 4.14. The van der Waals surface area contributed by atoms with Crippen LogP contribution in [0.1, 0.15) is 12.0 Å². The molecule has 1 amide bonds. The van der Waals surface area contributed by atoms with Gasteiger partial charge in [-0.2, -0.15) is 4.99 Å². The van der Waals surface area contributed by atoms with Crippen LogP contribution in [0, 0.1) is 0 Å². The van der Waals surface area contributed by atoms with E-state index in [2.05, 4.69) is 27.5 Å². The van der Waals surface area contributed by atoms with Gasteiger partial charge in [0.25, 0.3) is 0 Å². The van der Waals surface area contributed by atoms with Crippen LogP contribution in [0.5, 0.6) is 0 Å². The van der Waals surface area contributed by atoms with Gasteiger partial charge in [-0.3, -0.25) is 4.79 Å². The van der Waals surface area contributed by atoms with Crippen molar-refractivity contribution < 1.29 is 4.79 Å². The number of aryl methyl sites for hydroxylation is 1. The fourth-order valence-electron chi connectivity index (χ4n) is 2.50. The molecule has 3 rings (SSSR count). The Morgan fingerprint density at radius 1 is 1.25 bits per heavy atom. The molecule has 0 aliphatic carbocycles. The first kappa shape index (κ1) is 16.9. The average molecular weight is 401 g/mol. The van der Waals surface area contributed by atoms with Crippen LogP contribution in [0.3, 0.4) is 0 Å². The van der Waals surface area contributed by atoms with Crippen molar-refractivity contribution in [3.8, 4) is 0 Å². The summed E-state index contributed by atoms with van der Waals surface area (Å²) in [5.41, 5.74) is 2.22. The number of benzene rings is 2. The third-order valence-electron chi connectivity index (χ3n) is 3.65. The molecule has 0 saturated heterocycles. The van der Waals surface area contributed by atoms with Crippen molar-refractivity contribution in [2.75, 3.05) is 0 Å². The van der Waals surface area contributed by atoms with Crippen LogP contribution in [0.25, 0.3) is 10.2 Å². The molecular formula is C19H17BrN2OS. The lowest BCUT2D eigenvalue weighted by Gasteiger charge is -2.01. The Morgan fingerprint density at radius 2 is 2.04 bits per heavy atom. The lowest BCUT2D eigenvalue weighted by molar-refractivity contribution is -0.118. The molecule has 0 radical (unpaired) electrons. The molecule has 0 spiro atoms. The second-order valence-electron chi connectivity index (χ2n) is 5.39. The summed E-state index contributed by atoms with van der Waals surface area (Å²) >= 11 is 5.01. The molecule has 3 nitrogen and oxygen atoms in total. The van der Waals surface area contributed by atoms with Gasteiger partial charge in [-0.1, -0.05) is 63.7 Å². The molecule has 3 aromatic rings. The van der Waals surface area contributed by atoms with Crippen LogP contribution in [0.2, 0.25) is 0 Å². The molecule has 1 aromatic heterocycles. The number of halogens is 1. The summed E-state index contributed by atoms with van der Waals surface area (Å²) in [7, 11) is 0. The molecule has 24 heavy (non-hydrogen) atoms. The standard InChI is InChI=1S/C19H17BrN2OS/c1-2-12-22-16-10-9-15(20)13-17(16)24-19(22)21-18(23)11-8-14-6-4-3-5-7-14/h2-7,9-10,13H,1,8,11-12H2. The van der Waals surface area contributed by atoms with Crippen LogP contribution >= 0.6 is 27.3 Å². The maximum absolute atomic E-state index is 12.3. The zero-order chi connectivity index (χ0) is 16.9. The molecule has 0 bridgehead atoms. The van der Waals surface area contributed by atoms with Gasteiger partial charge in [0.1, 0.15) is 0 Å². The number of amides is 1. The van der Waals surface area contributed by atoms with E-state index in [9.17, 15) is 4.79 Å². The van der Waals surface area contributed by atoms with E-state index >= 15 is 0 Å². The molecule has 0 atom stereocenters. The Balaban J connectivity index is 1.89. The van der Waals surface area contributed by atoms with Gasteiger partial charge in [0.15, 0.2) is 4.80 Å². The van der Waals surface area contributed by atoms with Crippen molar-refractivity contribution in [2.24, 2.45) is 4.99 Å². The van der Waals surface area contributed by atoms with E-state index in [1.807, 2.05) is 59.2 Å². The average Bonchev–Trinajstić information content (AvgIpc) is 2.91. The number of fused-ring (bicyclic) bond motifs is 1. The van der Waals surface area contributed by atoms with Gasteiger partial charge in [-0.05, 0) is 30.2 Å². The van der Waals surface area contributed by atoms with Crippen LogP contribution in [0.4, 0.5) is 0 Å². The Hall–Kier alpha value is -1.98. The summed E-state index contributed by atoms with van der Waals surface area (Å²) in [5, 5.41) is 0. The van der Waals surface area contributed by atoms with E-state index < -0.39 is 0 Å². The van der Waals surface area contributed by atoms with E-state index in [0.29, 0.717) is 19.4 Å². The number of carbonyl (C=O) groups excluding carboxylic acids is 1. The minimum atomic E-state index is -0.0951. The van der Waals surface area contributed by atoms with E-state index in [1.165, 1.54) is 11.3 Å². The summed E-state index contributed by atoms with van der Waals surface area (Å²) in [5.74, 6) is -0.0951. The molecule has 0 fully saturated rings. The van der Waals surface area contributed by atoms with Crippen molar-refractivity contribution >= 4 is 43.4 Å². The van der Waals surface area contributed by atoms with E-state index in [4.69, 9.17) is 0 Å². The molecule has 0 unspecified atom stereocenters. The molecule has 0 N–H and O–H groups in total. The third-order valence-corrected chi connectivity index (χ3v) is 5.18. The molecule has 1 heterocycles. The van der Waals surface area contributed by atoms with Gasteiger partial charge in [-0.25, -0.2) is 0 Å². The van der Waals surface area contributed by atoms with Gasteiger partial charge in [0.2, 0.25) is 5.91 Å². The number of rotatable bonds is 5. The highest BCUT2D eigenvalue weighted by Crippen LogP contribution is 2.22. The summed E-state index contributed by atoms with van der Waals surface area (Å²) in [6.45, 7) is 4.44. The molecule has 0 saturated carbocycles. The minimum absolute atomic E-state index is 0.0951. The topological polar surface area (TPSA) is 34.4 Å². The number of thiazole rings is 1. The molecule has 0 aliphatic rings. The zero-order valence-corrected chi connectivity index (χ0v) is 15.5. The normalized spacial score (nSPS) is 11.8. The maximum atomic E-state index is 12.3. The van der Waals surface area contributed by atoms with E-state index in [-0.39, 0.29) is 5.91 Å². The highest BCUT2D eigenvalue weighted by atomic mass is 79.9. The van der Waals surface area contributed by atoms with Gasteiger partial charge in [-0.15, -0.1) is 6.58 Å². The Labute approximate surface area is 153 Å². The highest BCUT2D eigenvalue weighted by molar-refractivity contribution is 9.10. The summed E-state index contributed by atoms with van der Waals surface area (Å²) in [6, 6.07) is 16.1. The number of hydrogen-bond acceptors (Lipinski definition) is 2. The van der Waals surface area contributed by atoms with Gasteiger partial charge >= 0.3 is 0 Å². The van der Waals surface area contributed by atoms with Crippen molar-refractivity contribution in [3.63, 3.8) is 0 Å². The third kappa shape index (κ3) is 3.91. The molecule has 5 heteroatoms. The molecule has 122 valence electrons. The number of nitrogens with zero attached hydrogens (tertiary/aromatic N) is 2. The number of carbonyl (C=O) groups is 1. The summed E-state index contributed by atoms with van der Waals surface area (Å²) in [4.78, 5) is 17.3. The predicted octanol–water partition coefficient (Wildman–Crippen LogP) is 4.71. The van der Waals surface area contributed by atoms with Gasteiger partial charge in [0, 0.05) is 17.4 Å². The van der Waals surface area contributed by atoms with Gasteiger partial charge in [0.05, 0.1) is 10.2 Å². The van der Waals surface area contributed by atoms with Crippen molar-refractivity contribution in [2.45, 2.75) is 19.4 Å². The maximum Gasteiger partial charge on any atom is 0.248 e. The Morgan fingerprint density at radius 3 is 2.79 bits per heavy atom. The van der Waals surface area contributed by atoms with Gasteiger partial charge < -0.3 is 4.57 Å². The fourth-order valence-corrected chi connectivity index (χ4v) is 4.10.